The number of thiazole rings is 1. The molecule has 0 spiro atoms. The normalized spacial score (nSPS) is 16.4. The number of nitrogens with one attached hydrogen (secondary N) is 1. The van der Waals surface area contributed by atoms with Gasteiger partial charge in [0, 0.05) is 11.3 Å². The molecule has 1 N–H and O–H groups in total. The van der Waals surface area contributed by atoms with Crippen molar-refractivity contribution >= 4 is 17.2 Å². The van der Waals surface area contributed by atoms with Crippen LogP contribution in [0.5, 0.6) is 0 Å². The van der Waals surface area contributed by atoms with Crippen molar-refractivity contribution in [2.45, 2.75) is 58.0 Å². The lowest BCUT2D eigenvalue weighted by atomic mass is 10.1. The maximum absolute atomic E-state index is 11.6. The molecule has 0 bridgehead atoms. The summed E-state index contributed by atoms with van der Waals surface area (Å²) in [5, 5.41) is 2.98. The van der Waals surface area contributed by atoms with E-state index in [4.69, 9.17) is 4.84 Å². The lowest BCUT2D eigenvalue weighted by molar-refractivity contribution is -0.136. The fourth-order valence-corrected chi connectivity index (χ4v) is 3.05. The molecule has 0 atom stereocenters. The quantitative estimate of drug-likeness (QED) is 0.835. The average molecular weight is 268 g/mol. The van der Waals surface area contributed by atoms with Crippen LogP contribution in [0.4, 0.5) is 0 Å². The number of aromatic nitrogens is 1. The minimum Gasteiger partial charge on any atom is -0.272 e. The zero-order valence-corrected chi connectivity index (χ0v) is 11.8. The van der Waals surface area contributed by atoms with Gasteiger partial charge in [-0.3, -0.25) is 9.63 Å². The van der Waals surface area contributed by atoms with Crippen LogP contribution in [0.1, 0.15) is 56.2 Å². The lowest BCUT2D eigenvalue weighted by Gasteiger charge is -2.07. The highest BCUT2D eigenvalue weighted by Crippen LogP contribution is 2.34. The molecule has 1 saturated carbocycles. The number of amides is 1. The van der Waals surface area contributed by atoms with Gasteiger partial charge in [-0.25, -0.2) is 10.5 Å². The van der Waals surface area contributed by atoms with E-state index in [9.17, 15) is 4.79 Å². The summed E-state index contributed by atoms with van der Waals surface area (Å²) < 4.78 is 0. The van der Waals surface area contributed by atoms with Gasteiger partial charge < -0.3 is 0 Å². The molecule has 18 heavy (non-hydrogen) atoms. The summed E-state index contributed by atoms with van der Waals surface area (Å²) in [7, 11) is 0. The third-order valence-electron chi connectivity index (χ3n) is 3.06. The van der Waals surface area contributed by atoms with E-state index in [1.165, 1.54) is 31.4 Å². The molecule has 1 aliphatic carbocycles. The smallest absolute Gasteiger partial charge is 0.250 e. The Morgan fingerprint density at radius 1 is 1.56 bits per heavy atom. The van der Waals surface area contributed by atoms with E-state index in [0.717, 1.165) is 5.01 Å². The first-order chi connectivity index (χ1) is 8.65. The Bertz CT molecular complexity index is 397. The van der Waals surface area contributed by atoms with Crippen LogP contribution >= 0.6 is 11.3 Å². The summed E-state index contributed by atoms with van der Waals surface area (Å²) in [6.07, 6.45) is 5.40. The highest BCUT2D eigenvalue weighted by Gasteiger charge is 2.20. The minimum absolute atomic E-state index is 0.000653. The van der Waals surface area contributed by atoms with Crippen LogP contribution in [-0.2, 0) is 16.1 Å². The van der Waals surface area contributed by atoms with Crippen molar-refractivity contribution in [2.75, 3.05) is 0 Å². The summed E-state index contributed by atoms with van der Waals surface area (Å²) >= 11 is 1.57. The van der Waals surface area contributed by atoms with Crippen molar-refractivity contribution in [3.05, 3.63) is 16.1 Å². The van der Waals surface area contributed by atoms with Gasteiger partial charge in [0.1, 0.15) is 5.01 Å². The molecule has 0 unspecified atom stereocenters. The molecule has 0 aromatic carbocycles. The van der Waals surface area contributed by atoms with Crippen LogP contribution < -0.4 is 5.48 Å². The maximum atomic E-state index is 11.6. The molecule has 5 heteroatoms. The van der Waals surface area contributed by atoms with E-state index in [-0.39, 0.29) is 12.0 Å². The van der Waals surface area contributed by atoms with Crippen LogP contribution in [0.3, 0.4) is 0 Å². The molecular weight excluding hydrogens is 248 g/mol. The van der Waals surface area contributed by atoms with E-state index < -0.39 is 0 Å². The van der Waals surface area contributed by atoms with E-state index >= 15 is 0 Å². The van der Waals surface area contributed by atoms with Crippen molar-refractivity contribution in [2.24, 2.45) is 0 Å². The van der Waals surface area contributed by atoms with Gasteiger partial charge in [-0.1, -0.05) is 12.8 Å². The fourth-order valence-electron chi connectivity index (χ4n) is 2.17. The van der Waals surface area contributed by atoms with Gasteiger partial charge in [0.15, 0.2) is 0 Å². The second kappa shape index (κ2) is 6.29. The zero-order chi connectivity index (χ0) is 13.0. The molecule has 1 heterocycles. The summed E-state index contributed by atoms with van der Waals surface area (Å²) in [4.78, 5) is 21.2. The predicted octanol–water partition coefficient (Wildman–Crippen LogP) is 2.80. The molecule has 0 radical (unpaired) electrons. The van der Waals surface area contributed by atoms with Gasteiger partial charge in [0.25, 0.3) is 0 Å². The van der Waals surface area contributed by atoms with Crippen LogP contribution in [0, 0.1) is 0 Å². The Kier molecular flexibility index (Phi) is 4.72. The maximum Gasteiger partial charge on any atom is 0.250 e. The standard InChI is InChI=1S/C13H20N2O2S/c1-9(2)17-15-12(16)7-13-14-11(8-18-13)10-5-3-4-6-10/h8-10H,3-7H2,1-2H3,(H,15,16). The topological polar surface area (TPSA) is 51.2 Å². The molecular formula is C13H20N2O2S. The Morgan fingerprint density at radius 2 is 2.28 bits per heavy atom. The highest BCUT2D eigenvalue weighted by atomic mass is 32.1. The van der Waals surface area contributed by atoms with E-state index in [1.54, 1.807) is 11.3 Å². The number of hydroxylamine groups is 1. The number of hydrogen-bond acceptors (Lipinski definition) is 4. The molecule has 1 amide bonds. The molecule has 1 aliphatic rings. The van der Waals surface area contributed by atoms with E-state index in [2.05, 4.69) is 15.8 Å². The largest absolute Gasteiger partial charge is 0.272 e. The summed E-state index contributed by atoms with van der Waals surface area (Å²) in [6, 6.07) is 0. The van der Waals surface area contributed by atoms with Gasteiger partial charge >= 0.3 is 0 Å². The number of carbonyl (C=O) groups is 1. The van der Waals surface area contributed by atoms with Gasteiger partial charge in [-0.05, 0) is 26.7 Å². The fraction of sp³-hybridized carbons (Fsp3) is 0.692. The van der Waals surface area contributed by atoms with Gasteiger partial charge in [0.2, 0.25) is 5.91 Å². The molecule has 1 fully saturated rings. The first-order valence-corrected chi connectivity index (χ1v) is 7.42. The zero-order valence-electron chi connectivity index (χ0n) is 10.9. The SMILES string of the molecule is CC(C)ONC(=O)Cc1nc(C2CCCC2)cs1. The minimum atomic E-state index is -0.129. The van der Waals surface area contributed by atoms with Crippen molar-refractivity contribution in [3.8, 4) is 0 Å². The van der Waals surface area contributed by atoms with Gasteiger partial charge in [0.05, 0.1) is 18.2 Å². The van der Waals surface area contributed by atoms with Gasteiger partial charge in [-0.15, -0.1) is 11.3 Å². The molecule has 100 valence electrons. The van der Waals surface area contributed by atoms with E-state index in [1.807, 2.05) is 13.8 Å². The van der Waals surface area contributed by atoms with Crippen molar-refractivity contribution in [1.82, 2.24) is 10.5 Å². The molecule has 1 aromatic heterocycles. The molecule has 4 nitrogen and oxygen atoms in total. The Labute approximate surface area is 112 Å². The molecule has 2 rings (SSSR count). The third kappa shape index (κ3) is 3.78. The van der Waals surface area contributed by atoms with Crippen molar-refractivity contribution in [1.29, 1.82) is 0 Å². The lowest BCUT2D eigenvalue weighted by Crippen LogP contribution is -2.28. The summed E-state index contributed by atoms with van der Waals surface area (Å²) in [6.45, 7) is 3.75. The highest BCUT2D eigenvalue weighted by molar-refractivity contribution is 7.09. The average Bonchev–Trinajstić information content (AvgIpc) is 2.95. The first kappa shape index (κ1) is 13.5. The first-order valence-electron chi connectivity index (χ1n) is 6.54. The number of rotatable bonds is 5. The van der Waals surface area contributed by atoms with Gasteiger partial charge in [-0.2, -0.15) is 0 Å². The monoisotopic (exact) mass is 268 g/mol. The second-order valence-electron chi connectivity index (χ2n) is 5.02. The molecule has 0 aliphatic heterocycles. The van der Waals surface area contributed by atoms with Crippen LogP contribution in [0.25, 0.3) is 0 Å². The molecule has 1 aromatic rings. The summed E-state index contributed by atoms with van der Waals surface area (Å²) in [5.41, 5.74) is 3.61. The summed E-state index contributed by atoms with van der Waals surface area (Å²) in [5.74, 6) is 0.487. The Hall–Kier alpha value is -0.940. The predicted molar refractivity (Wildman–Crippen MR) is 71.4 cm³/mol. The number of nitrogens with zero attached hydrogens (tertiary/aromatic N) is 1. The molecule has 0 saturated heterocycles. The third-order valence-corrected chi connectivity index (χ3v) is 3.93. The second-order valence-corrected chi connectivity index (χ2v) is 5.96. The number of carbonyl (C=O) groups excluding carboxylic acids is 1. The Balaban J connectivity index is 1.84. The van der Waals surface area contributed by atoms with Crippen molar-refractivity contribution < 1.29 is 9.63 Å². The Morgan fingerprint density at radius 3 is 2.94 bits per heavy atom. The van der Waals surface area contributed by atoms with Crippen molar-refractivity contribution in [3.63, 3.8) is 0 Å². The van der Waals surface area contributed by atoms with Crippen LogP contribution in [0.2, 0.25) is 0 Å². The van der Waals surface area contributed by atoms with E-state index in [0.29, 0.717) is 12.3 Å². The van der Waals surface area contributed by atoms with Crippen LogP contribution in [-0.4, -0.2) is 17.0 Å². The van der Waals surface area contributed by atoms with Crippen LogP contribution in [0.15, 0.2) is 5.38 Å². The number of hydrogen-bond donors (Lipinski definition) is 1.